The molecule has 0 amide bonds. The molecule has 0 spiro atoms. The quantitative estimate of drug-likeness (QED) is 0.507. The minimum absolute atomic E-state index is 1.02. The van der Waals surface area contributed by atoms with Gasteiger partial charge in [0.05, 0.1) is 11.0 Å². The molecule has 0 radical (unpaired) electrons. The first-order chi connectivity index (χ1) is 5.95. The average Bonchev–Trinajstić information content (AvgIpc) is 2.62. The molecule has 0 atom stereocenters. The van der Waals surface area contributed by atoms with Crippen molar-refractivity contribution in [1.29, 1.82) is 0 Å². The standard InChI is InChI=1S/C10H6OS/c1-2-4-8-7(3-1)10-9(12-8)5-6-11-10/h1-6H. The Labute approximate surface area is 73.2 Å². The topological polar surface area (TPSA) is 13.1 Å². The average molecular weight is 174 g/mol. The lowest BCUT2D eigenvalue weighted by atomic mass is 10.2. The second-order valence-electron chi connectivity index (χ2n) is 2.71. The van der Waals surface area contributed by atoms with Gasteiger partial charge < -0.3 is 4.42 Å². The van der Waals surface area contributed by atoms with Gasteiger partial charge in [-0.15, -0.1) is 11.3 Å². The lowest BCUT2D eigenvalue weighted by Crippen LogP contribution is -1.59. The maximum atomic E-state index is 5.38. The normalized spacial score (nSPS) is 11.3. The highest BCUT2D eigenvalue weighted by molar-refractivity contribution is 7.25. The van der Waals surface area contributed by atoms with E-state index in [0.29, 0.717) is 0 Å². The Morgan fingerprint density at radius 3 is 2.92 bits per heavy atom. The van der Waals surface area contributed by atoms with Crippen LogP contribution in [-0.2, 0) is 0 Å². The molecule has 2 heteroatoms. The van der Waals surface area contributed by atoms with E-state index in [1.165, 1.54) is 14.8 Å². The maximum absolute atomic E-state index is 5.38. The Balaban J connectivity index is 2.68. The lowest BCUT2D eigenvalue weighted by Gasteiger charge is -1.84. The fourth-order valence-electron chi connectivity index (χ4n) is 1.44. The van der Waals surface area contributed by atoms with Crippen LogP contribution in [0.15, 0.2) is 41.0 Å². The van der Waals surface area contributed by atoms with E-state index in [-0.39, 0.29) is 0 Å². The van der Waals surface area contributed by atoms with Crippen molar-refractivity contribution in [2.24, 2.45) is 0 Å². The van der Waals surface area contributed by atoms with E-state index in [1.807, 2.05) is 12.1 Å². The number of furan rings is 1. The fourth-order valence-corrected chi connectivity index (χ4v) is 2.46. The monoisotopic (exact) mass is 174 g/mol. The number of hydrogen-bond donors (Lipinski definition) is 0. The number of rotatable bonds is 0. The van der Waals surface area contributed by atoms with E-state index in [9.17, 15) is 0 Å². The Kier molecular flexibility index (Phi) is 1.10. The number of fused-ring (bicyclic) bond motifs is 3. The van der Waals surface area contributed by atoms with Gasteiger partial charge in [-0.1, -0.05) is 12.1 Å². The van der Waals surface area contributed by atoms with Crippen LogP contribution in [0.1, 0.15) is 0 Å². The molecule has 0 saturated heterocycles. The van der Waals surface area contributed by atoms with Crippen LogP contribution < -0.4 is 0 Å². The van der Waals surface area contributed by atoms with Crippen molar-refractivity contribution in [3.05, 3.63) is 36.6 Å². The Morgan fingerprint density at radius 1 is 1.00 bits per heavy atom. The van der Waals surface area contributed by atoms with E-state index in [0.717, 1.165) is 5.58 Å². The number of hydrogen-bond acceptors (Lipinski definition) is 2. The molecule has 58 valence electrons. The van der Waals surface area contributed by atoms with E-state index in [2.05, 4.69) is 18.2 Å². The SMILES string of the molecule is c1ccc2c(c1)sc1ccoc12. The zero-order valence-corrected chi connectivity index (χ0v) is 7.10. The van der Waals surface area contributed by atoms with Crippen LogP contribution in [0.3, 0.4) is 0 Å². The van der Waals surface area contributed by atoms with E-state index in [1.54, 1.807) is 17.6 Å². The molecule has 12 heavy (non-hydrogen) atoms. The second kappa shape index (κ2) is 2.11. The van der Waals surface area contributed by atoms with Crippen LogP contribution >= 0.6 is 11.3 Å². The second-order valence-corrected chi connectivity index (χ2v) is 3.80. The summed E-state index contributed by atoms with van der Waals surface area (Å²) in [4.78, 5) is 0. The van der Waals surface area contributed by atoms with Crippen LogP contribution in [0.4, 0.5) is 0 Å². The molecule has 0 aliphatic heterocycles. The van der Waals surface area contributed by atoms with Gasteiger partial charge in [-0.05, 0) is 18.2 Å². The summed E-state index contributed by atoms with van der Waals surface area (Å²) < 4.78 is 7.91. The summed E-state index contributed by atoms with van der Waals surface area (Å²) in [5.74, 6) is 0. The molecule has 1 aromatic carbocycles. The van der Waals surface area contributed by atoms with Gasteiger partial charge in [0, 0.05) is 10.1 Å². The highest BCUT2D eigenvalue weighted by Gasteiger charge is 2.05. The fraction of sp³-hybridized carbons (Fsp3) is 0. The van der Waals surface area contributed by atoms with Crippen molar-refractivity contribution < 1.29 is 4.42 Å². The first kappa shape index (κ1) is 6.26. The molecule has 1 nitrogen and oxygen atoms in total. The minimum atomic E-state index is 1.02. The first-order valence-corrected chi connectivity index (χ1v) is 4.61. The van der Waals surface area contributed by atoms with Crippen LogP contribution in [0, 0.1) is 0 Å². The third-order valence-corrected chi connectivity index (χ3v) is 3.10. The molecule has 0 bridgehead atoms. The van der Waals surface area contributed by atoms with Gasteiger partial charge in [-0.25, -0.2) is 0 Å². The predicted octanol–water partition coefficient (Wildman–Crippen LogP) is 3.65. The highest BCUT2D eigenvalue weighted by Crippen LogP contribution is 2.33. The summed E-state index contributed by atoms with van der Waals surface area (Å²) in [5, 5.41) is 1.22. The van der Waals surface area contributed by atoms with Gasteiger partial charge in [0.15, 0.2) is 5.58 Å². The molecule has 0 fully saturated rings. The smallest absolute Gasteiger partial charge is 0.152 e. The van der Waals surface area contributed by atoms with Crippen LogP contribution in [0.25, 0.3) is 20.4 Å². The van der Waals surface area contributed by atoms with E-state index < -0.39 is 0 Å². The van der Waals surface area contributed by atoms with Gasteiger partial charge >= 0.3 is 0 Å². The molecule has 3 rings (SSSR count). The maximum Gasteiger partial charge on any atom is 0.152 e. The summed E-state index contributed by atoms with van der Waals surface area (Å²) in [5.41, 5.74) is 1.02. The molecule has 0 aliphatic carbocycles. The zero-order chi connectivity index (χ0) is 7.97. The summed E-state index contributed by atoms with van der Waals surface area (Å²) >= 11 is 1.77. The number of thiophene rings is 1. The third kappa shape index (κ3) is 0.676. The predicted molar refractivity (Wildman–Crippen MR) is 51.6 cm³/mol. The van der Waals surface area contributed by atoms with Crippen molar-refractivity contribution in [2.45, 2.75) is 0 Å². The van der Waals surface area contributed by atoms with E-state index in [4.69, 9.17) is 4.42 Å². The van der Waals surface area contributed by atoms with Crippen molar-refractivity contribution in [1.82, 2.24) is 0 Å². The van der Waals surface area contributed by atoms with Gasteiger partial charge in [0.2, 0.25) is 0 Å². The zero-order valence-electron chi connectivity index (χ0n) is 6.28. The number of benzene rings is 1. The highest BCUT2D eigenvalue weighted by atomic mass is 32.1. The van der Waals surface area contributed by atoms with Crippen LogP contribution in [0.2, 0.25) is 0 Å². The first-order valence-electron chi connectivity index (χ1n) is 3.80. The molecule has 0 unspecified atom stereocenters. The Hall–Kier alpha value is -1.28. The van der Waals surface area contributed by atoms with Gasteiger partial charge in [0.25, 0.3) is 0 Å². The molecule has 0 N–H and O–H groups in total. The largest absolute Gasteiger partial charge is 0.463 e. The molecule has 2 aromatic heterocycles. The lowest BCUT2D eigenvalue weighted by molar-refractivity contribution is 0.619. The summed E-state index contributed by atoms with van der Waals surface area (Å²) in [7, 11) is 0. The summed E-state index contributed by atoms with van der Waals surface area (Å²) in [6, 6.07) is 10.3. The van der Waals surface area contributed by atoms with Crippen LogP contribution in [-0.4, -0.2) is 0 Å². The van der Waals surface area contributed by atoms with Crippen molar-refractivity contribution in [3.63, 3.8) is 0 Å². The molecule has 2 heterocycles. The van der Waals surface area contributed by atoms with Crippen LogP contribution in [0.5, 0.6) is 0 Å². The Bertz CT molecular complexity index is 532. The van der Waals surface area contributed by atoms with Gasteiger partial charge in [-0.3, -0.25) is 0 Å². The molecule has 0 saturated carbocycles. The van der Waals surface area contributed by atoms with E-state index >= 15 is 0 Å². The van der Waals surface area contributed by atoms with Gasteiger partial charge in [0.1, 0.15) is 0 Å². The molecular formula is C10H6OS. The van der Waals surface area contributed by atoms with Crippen molar-refractivity contribution in [3.8, 4) is 0 Å². The van der Waals surface area contributed by atoms with Gasteiger partial charge in [-0.2, -0.15) is 0 Å². The summed E-state index contributed by atoms with van der Waals surface area (Å²) in [6.07, 6.45) is 1.74. The summed E-state index contributed by atoms with van der Waals surface area (Å²) in [6.45, 7) is 0. The molecular weight excluding hydrogens is 168 g/mol. The van der Waals surface area contributed by atoms with Crippen molar-refractivity contribution in [2.75, 3.05) is 0 Å². The Morgan fingerprint density at radius 2 is 1.92 bits per heavy atom. The van der Waals surface area contributed by atoms with Crippen molar-refractivity contribution >= 4 is 31.7 Å². The molecule has 0 aliphatic rings. The third-order valence-electron chi connectivity index (χ3n) is 1.98. The molecule has 3 aromatic rings. The minimum Gasteiger partial charge on any atom is -0.463 e.